The first kappa shape index (κ1) is 12.9. The van der Waals surface area contributed by atoms with E-state index in [1.165, 1.54) is 10.7 Å². The molecular formula is C15H12N4O2. The molecule has 104 valence electrons. The lowest BCUT2D eigenvalue weighted by Gasteiger charge is -2.07. The van der Waals surface area contributed by atoms with Crippen LogP contribution < -0.4 is 5.73 Å². The van der Waals surface area contributed by atoms with Crippen LogP contribution in [0.25, 0.3) is 16.9 Å². The van der Waals surface area contributed by atoms with Crippen LogP contribution in [0.4, 0.5) is 5.69 Å². The third kappa shape index (κ3) is 2.34. The third-order valence-corrected chi connectivity index (χ3v) is 3.12. The van der Waals surface area contributed by atoms with Crippen LogP contribution >= 0.6 is 0 Å². The lowest BCUT2D eigenvalue weighted by Crippen LogP contribution is -2.07. The summed E-state index contributed by atoms with van der Waals surface area (Å²) in [5.41, 5.74) is 8.21. The van der Waals surface area contributed by atoms with Gasteiger partial charge < -0.3 is 10.8 Å². The van der Waals surface area contributed by atoms with E-state index in [-0.39, 0.29) is 11.3 Å². The average Bonchev–Trinajstić information content (AvgIpc) is 2.98. The number of anilines is 1. The average molecular weight is 280 g/mol. The molecule has 6 nitrogen and oxygen atoms in total. The van der Waals surface area contributed by atoms with Crippen molar-refractivity contribution in [3.63, 3.8) is 0 Å². The number of benzene rings is 2. The van der Waals surface area contributed by atoms with Crippen molar-refractivity contribution in [1.29, 1.82) is 0 Å². The number of aromatic carboxylic acids is 1. The van der Waals surface area contributed by atoms with Gasteiger partial charge in [-0.2, -0.15) is 0 Å². The first-order valence-electron chi connectivity index (χ1n) is 6.27. The predicted octanol–water partition coefficient (Wildman–Crippen LogP) is 2.21. The molecule has 0 spiro atoms. The van der Waals surface area contributed by atoms with Crippen molar-refractivity contribution in [3.8, 4) is 16.9 Å². The van der Waals surface area contributed by atoms with Crippen molar-refractivity contribution >= 4 is 11.7 Å². The highest BCUT2D eigenvalue weighted by molar-refractivity contribution is 5.95. The molecule has 2 aromatic carbocycles. The molecule has 3 aromatic rings. The lowest BCUT2D eigenvalue weighted by molar-refractivity contribution is 0.0698. The maximum absolute atomic E-state index is 11.1. The number of nitrogens with zero attached hydrogens (tertiary/aromatic N) is 3. The van der Waals surface area contributed by atoms with Gasteiger partial charge in [-0.15, -0.1) is 5.10 Å². The van der Waals surface area contributed by atoms with Gasteiger partial charge in [0.2, 0.25) is 0 Å². The van der Waals surface area contributed by atoms with Crippen LogP contribution in [0.5, 0.6) is 0 Å². The molecule has 0 aliphatic rings. The van der Waals surface area contributed by atoms with Crippen LogP contribution in [0, 0.1) is 0 Å². The Bertz CT molecular complexity index is 796. The molecule has 0 saturated heterocycles. The summed E-state index contributed by atoms with van der Waals surface area (Å²) < 4.78 is 1.48. The summed E-state index contributed by atoms with van der Waals surface area (Å²) in [7, 11) is 0. The van der Waals surface area contributed by atoms with E-state index in [2.05, 4.69) is 10.3 Å². The molecule has 1 heterocycles. The molecular weight excluding hydrogens is 268 g/mol. The molecule has 0 atom stereocenters. The van der Waals surface area contributed by atoms with Crippen molar-refractivity contribution in [2.24, 2.45) is 0 Å². The van der Waals surface area contributed by atoms with Gasteiger partial charge in [-0.1, -0.05) is 41.6 Å². The van der Waals surface area contributed by atoms with Crippen LogP contribution in [0.3, 0.4) is 0 Å². The monoisotopic (exact) mass is 280 g/mol. The molecule has 0 aliphatic heterocycles. The smallest absolute Gasteiger partial charge is 0.337 e. The van der Waals surface area contributed by atoms with Crippen LogP contribution in [0.1, 0.15) is 10.4 Å². The summed E-state index contributed by atoms with van der Waals surface area (Å²) in [4.78, 5) is 11.1. The zero-order valence-corrected chi connectivity index (χ0v) is 11.0. The van der Waals surface area contributed by atoms with E-state index in [4.69, 9.17) is 10.8 Å². The summed E-state index contributed by atoms with van der Waals surface area (Å²) in [6.07, 6.45) is 1.71. The SMILES string of the molecule is Nc1c(C(=O)O)cccc1-n1cc(-c2ccccc2)nn1. The molecule has 0 amide bonds. The summed E-state index contributed by atoms with van der Waals surface area (Å²) >= 11 is 0. The minimum absolute atomic E-state index is 0.0456. The Morgan fingerprint density at radius 1 is 1.10 bits per heavy atom. The lowest BCUT2D eigenvalue weighted by atomic mass is 10.1. The maximum Gasteiger partial charge on any atom is 0.337 e. The van der Waals surface area contributed by atoms with Gasteiger partial charge in [0.15, 0.2) is 0 Å². The highest BCUT2D eigenvalue weighted by atomic mass is 16.4. The quantitative estimate of drug-likeness (QED) is 0.717. The van der Waals surface area contributed by atoms with E-state index < -0.39 is 5.97 Å². The van der Waals surface area contributed by atoms with Crippen molar-refractivity contribution in [2.75, 3.05) is 5.73 Å². The predicted molar refractivity (Wildman–Crippen MR) is 78.2 cm³/mol. The van der Waals surface area contributed by atoms with Crippen LogP contribution in [-0.4, -0.2) is 26.1 Å². The van der Waals surface area contributed by atoms with Crippen LogP contribution in [0.2, 0.25) is 0 Å². The number of nitrogens with two attached hydrogens (primary N) is 1. The Morgan fingerprint density at radius 2 is 1.86 bits per heavy atom. The van der Waals surface area contributed by atoms with E-state index in [9.17, 15) is 4.79 Å². The van der Waals surface area contributed by atoms with Gasteiger partial charge in [0.05, 0.1) is 23.1 Å². The topological polar surface area (TPSA) is 94.0 Å². The van der Waals surface area contributed by atoms with Gasteiger partial charge in [0.25, 0.3) is 0 Å². The number of aromatic nitrogens is 3. The second-order valence-electron chi connectivity index (χ2n) is 4.46. The highest BCUT2D eigenvalue weighted by Gasteiger charge is 2.13. The van der Waals surface area contributed by atoms with E-state index in [0.29, 0.717) is 11.4 Å². The zero-order chi connectivity index (χ0) is 14.8. The summed E-state index contributed by atoms with van der Waals surface area (Å²) in [6, 6.07) is 14.4. The van der Waals surface area contributed by atoms with Crippen molar-refractivity contribution in [1.82, 2.24) is 15.0 Å². The van der Waals surface area contributed by atoms with E-state index in [1.54, 1.807) is 18.3 Å². The number of carboxylic acid groups (broad SMARTS) is 1. The highest BCUT2D eigenvalue weighted by Crippen LogP contribution is 2.23. The summed E-state index contributed by atoms with van der Waals surface area (Å²) in [5.74, 6) is -1.07. The number of hydrogen-bond acceptors (Lipinski definition) is 4. The van der Waals surface area contributed by atoms with Gasteiger partial charge in [0, 0.05) is 5.56 Å². The van der Waals surface area contributed by atoms with E-state index in [1.807, 2.05) is 30.3 Å². The van der Waals surface area contributed by atoms with Crippen molar-refractivity contribution < 1.29 is 9.90 Å². The van der Waals surface area contributed by atoms with E-state index >= 15 is 0 Å². The molecule has 0 aliphatic carbocycles. The number of carbonyl (C=O) groups is 1. The third-order valence-electron chi connectivity index (χ3n) is 3.12. The molecule has 0 unspecified atom stereocenters. The zero-order valence-electron chi connectivity index (χ0n) is 11.0. The molecule has 3 N–H and O–H groups in total. The minimum Gasteiger partial charge on any atom is -0.478 e. The normalized spacial score (nSPS) is 10.5. The molecule has 3 rings (SSSR count). The molecule has 21 heavy (non-hydrogen) atoms. The summed E-state index contributed by atoms with van der Waals surface area (Å²) in [6.45, 7) is 0. The Morgan fingerprint density at radius 3 is 2.57 bits per heavy atom. The second kappa shape index (κ2) is 5.09. The largest absolute Gasteiger partial charge is 0.478 e. The van der Waals surface area contributed by atoms with Gasteiger partial charge in [0.1, 0.15) is 5.69 Å². The first-order chi connectivity index (χ1) is 10.2. The van der Waals surface area contributed by atoms with Gasteiger partial charge >= 0.3 is 5.97 Å². The number of carboxylic acids is 1. The minimum atomic E-state index is -1.07. The molecule has 1 aromatic heterocycles. The Hall–Kier alpha value is -3.15. The van der Waals surface area contributed by atoms with Crippen molar-refractivity contribution in [2.45, 2.75) is 0 Å². The van der Waals surface area contributed by atoms with Crippen LogP contribution in [-0.2, 0) is 0 Å². The van der Waals surface area contributed by atoms with Gasteiger partial charge in [-0.05, 0) is 12.1 Å². The Balaban J connectivity index is 2.05. The fraction of sp³-hybridized carbons (Fsp3) is 0. The van der Waals surface area contributed by atoms with Crippen molar-refractivity contribution in [3.05, 3.63) is 60.3 Å². The molecule has 6 heteroatoms. The fourth-order valence-electron chi connectivity index (χ4n) is 2.06. The molecule has 0 radical (unpaired) electrons. The Kier molecular flexibility index (Phi) is 3.12. The molecule has 0 fully saturated rings. The molecule has 0 saturated carbocycles. The number of nitrogen functional groups attached to an aromatic ring is 1. The standard InChI is InChI=1S/C15H12N4O2/c16-14-11(15(20)21)7-4-8-13(14)19-9-12(17-18-19)10-5-2-1-3-6-10/h1-9H,16H2,(H,20,21). The van der Waals surface area contributed by atoms with E-state index in [0.717, 1.165) is 5.56 Å². The number of hydrogen-bond donors (Lipinski definition) is 2. The fourth-order valence-corrected chi connectivity index (χ4v) is 2.06. The van der Waals surface area contributed by atoms with Gasteiger partial charge in [-0.25, -0.2) is 9.48 Å². The number of rotatable bonds is 3. The Labute approximate surface area is 120 Å². The van der Waals surface area contributed by atoms with Crippen LogP contribution in [0.15, 0.2) is 54.7 Å². The maximum atomic E-state index is 11.1. The second-order valence-corrected chi connectivity index (χ2v) is 4.46. The summed E-state index contributed by atoms with van der Waals surface area (Å²) in [5, 5.41) is 17.2. The van der Waals surface area contributed by atoms with Gasteiger partial charge in [-0.3, -0.25) is 0 Å². The molecule has 0 bridgehead atoms. The first-order valence-corrected chi connectivity index (χ1v) is 6.27. The number of para-hydroxylation sites is 1.